The van der Waals surface area contributed by atoms with E-state index in [0.717, 1.165) is 5.69 Å². The third-order valence-electron chi connectivity index (χ3n) is 3.04. The number of nitrogens with zero attached hydrogens (tertiary/aromatic N) is 1. The zero-order valence-corrected chi connectivity index (χ0v) is 12.1. The van der Waals surface area contributed by atoms with Crippen LogP contribution >= 0.6 is 0 Å². The van der Waals surface area contributed by atoms with Crippen molar-refractivity contribution in [3.8, 4) is 11.5 Å². The Morgan fingerprint density at radius 1 is 1.19 bits per heavy atom. The Kier molecular flexibility index (Phi) is 5.15. The molecule has 0 aliphatic carbocycles. The summed E-state index contributed by atoms with van der Waals surface area (Å²) in [4.78, 5) is 16.4. The molecule has 21 heavy (non-hydrogen) atoms. The number of carbonyl (C=O) groups excluding carboxylic acids is 1. The summed E-state index contributed by atoms with van der Waals surface area (Å²) in [5.74, 6) is 0.943. The SMILES string of the molecule is COc1ccc(OC)c(C(=O)NCCc2ccccn2)c1. The molecule has 0 aliphatic rings. The molecule has 2 aromatic rings. The molecule has 2 rings (SSSR count). The van der Waals surface area contributed by atoms with Crippen molar-refractivity contribution in [1.29, 1.82) is 0 Å². The van der Waals surface area contributed by atoms with Gasteiger partial charge in [-0.1, -0.05) is 6.07 Å². The van der Waals surface area contributed by atoms with Crippen molar-refractivity contribution in [3.63, 3.8) is 0 Å². The van der Waals surface area contributed by atoms with E-state index in [1.165, 1.54) is 7.11 Å². The van der Waals surface area contributed by atoms with Crippen LogP contribution in [0.15, 0.2) is 42.6 Å². The minimum absolute atomic E-state index is 0.193. The highest BCUT2D eigenvalue weighted by atomic mass is 16.5. The molecule has 1 N–H and O–H groups in total. The van der Waals surface area contributed by atoms with Crippen LogP contribution in [-0.4, -0.2) is 31.7 Å². The van der Waals surface area contributed by atoms with Crippen molar-refractivity contribution in [3.05, 3.63) is 53.9 Å². The number of methoxy groups -OCH3 is 2. The monoisotopic (exact) mass is 286 g/mol. The second-order valence-corrected chi connectivity index (χ2v) is 4.39. The standard InChI is InChI=1S/C16H18N2O3/c1-20-13-6-7-15(21-2)14(11-13)16(19)18-10-8-12-5-3-4-9-17-12/h3-7,9,11H,8,10H2,1-2H3,(H,18,19). The van der Waals surface area contributed by atoms with Crippen LogP contribution in [0, 0.1) is 0 Å². The highest BCUT2D eigenvalue weighted by molar-refractivity contribution is 5.97. The van der Waals surface area contributed by atoms with Crippen molar-refractivity contribution in [2.75, 3.05) is 20.8 Å². The summed E-state index contributed by atoms with van der Waals surface area (Å²) in [7, 11) is 3.09. The fourth-order valence-electron chi connectivity index (χ4n) is 1.94. The van der Waals surface area contributed by atoms with E-state index in [-0.39, 0.29) is 5.91 Å². The molecule has 5 heteroatoms. The summed E-state index contributed by atoms with van der Waals surface area (Å²) in [6.07, 6.45) is 2.42. The van der Waals surface area contributed by atoms with Gasteiger partial charge in [-0.3, -0.25) is 9.78 Å². The summed E-state index contributed by atoms with van der Waals surface area (Å²) in [6.45, 7) is 0.510. The van der Waals surface area contributed by atoms with Gasteiger partial charge < -0.3 is 14.8 Å². The van der Waals surface area contributed by atoms with Crippen LogP contribution in [0.3, 0.4) is 0 Å². The number of hydrogen-bond donors (Lipinski definition) is 1. The van der Waals surface area contributed by atoms with Crippen LogP contribution in [-0.2, 0) is 6.42 Å². The highest BCUT2D eigenvalue weighted by Gasteiger charge is 2.13. The number of carbonyl (C=O) groups is 1. The Hall–Kier alpha value is -2.56. The average molecular weight is 286 g/mol. The maximum absolute atomic E-state index is 12.2. The average Bonchev–Trinajstić information content (AvgIpc) is 2.55. The number of hydrogen-bond acceptors (Lipinski definition) is 4. The van der Waals surface area contributed by atoms with E-state index in [1.54, 1.807) is 31.5 Å². The fraction of sp³-hybridized carbons (Fsp3) is 0.250. The van der Waals surface area contributed by atoms with Crippen LogP contribution in [0.4, 0.5) is 0 Å². The lowest BCUT2D eigenvalue weighted by Gasteiger charge is -2.10. The first-order chi connectivity index (χ1) is 10.2. The van der Waals surface area contributed by atoms with E-state index in [4.69, 9.17) is 9.47 Å². The van der Waals surface area contributed by atoms with Gasteiger partial charge in [0.2, 0.25) is 0 Å². The predicted molar refractivity (Wildman–Crippen MR) is 79.8 cm³/mol. The fourth-order valence-corrected chi connectivity index (χ4v) is 1.94. The lowest BCUT2D eigenvalue weighted by atomic mass is 10.1. The van der Waals surface area contributed by atoms with E-state index in [2.05, 4.69) is 10.3 Å². The maximum Gasteiger partial charge on any atom is 0.255 e. The molecule has 0 aliphatic heterocycles. The summed E-state index contributed by atoms with van der Waals surface area (Å²) >= 11 is 0. The number of pyridine rings is 1. The zero-order chi connectivity index (χ0) is 15.1. The van der Waals surface area contributed by atoms with Crippen molar-refractivity contribution < 1.29 is 14.3 Å². The van der Waals surface area contributed by atoms with Crippen molar-refractivity contribution in [2.45, 2.75) is 6.42 Å². The molecule has 0 atom stereocenters. The topological polar surface area (TPSA) is 60.5 Å². The molecule has 0 radical (unpaired) electrons. The minimum atomic E-state index is -0.193. The molecule has 5 nitrogen and oxygen atoms in total. The molecule has 0 saturated heterocycles. The molecular weight excluding hydrogens is 268 g/mol. The Labute approximate surface area is 123 Å². The summed E-state index contributed by atoms with van der Waals surface area (Å²) in [5.41, 5.74) is 1.40. The first kappa shape index (κ1) is 14.8. The summed E-state index contributed by atoms with van der Waals surface area (Å²) in [6, 6.07) is 10.8. The molecule has 0 spiro atoms. The number of aromatic nitrogens is 1. The van der Waals surface area contributed by atoms with Gasteiger partial charge in [0.05, 0.1) is 19.8 Å². The van der Waals surface area contributed by atoms with Crippen LogP contribution in [0.1, 0.15) is 16.1 Å². The van der Waals surface area contributed by atoms with Crippen molar-refractivity contribution in [1.82, 2.24) is 10.3 Å². The van der Waals surface area contributed by atoms with Gasteiger partial charge in [0.25, 0.3) is 5.91 Å². The Bertz CT molecular complexity index is 600. The number of amides is 1. The number of rotatable bonds is 6. The lowest BCUT2D eigenvalue weighted by molar-refractivity contribution is 0.0950. The molecule has 0 fully saturated rings. The van der Waals surface area contributed by atoms with Gasteiger partial charge in [-0.2, -0.15) is 0 Å². The van der Waals surface area contributed by atoms with Crippen LogP contribution in [0.5, 0.6) is 11.5 Å². The molecule has 0 unspecified atom stereocenters. The van der Waals surface area contributed by atoms with Crippen LogP contribution in [0.2, 0.25) is 0 Å². The van der Waals surface area contributed by atoms with Crippen molar-refractivity contribution >= 4 is 5.91 Å². The first-order valence-corrected chi connectivity index (χ1v) is 6.64. The largest absolute Gasteiger partial charge is 0.497 e. The van der Waals surface area contributed by atoms with Crippen LogP contribution < -0.4 is 14.8 Å². The maximum atomic E-state index is 12.2. The summed E-state index contributed by atoms with van der Waals surface area (Å²) in [5, 5.41) is 2.86. The normalized spacial score (nSPS) is 10.0. The number of nitrogens with one attached hydrogen (secondary N) is 1. The number of benzene rings is 1. The Morgan fingerprint density at radius 3 is 2.71 bits per heavy atom. The Morgan fingerprint density at radius 2 is 2.05 bits per heavy atom. The molecule has 0 bridgehead atoms. The summed E-state index contributed by atoms with van der Waals surface area (Å²) < 4.78 is 10.3. The molecule has 110 valence electrons. The van der Waals surface area contributed by atoms with Gasteiger partial charge in [-0.25, -0.2) is 0 Å². The smallest absolute Gasteiger partial charge is 0.255 e. The minimum Gasteiger partial charge on any atom is -0.497 e. The molecule has 0 saturated carbocycles. The van der Waals surface area contributed by atoms with Gasteiger partial charge in [-0.15, -0.1) is 0 Å². The third-order valence-corrected chi connectivity index (χ3v) is 3.04. The molecule has 1 aromatic carbocycles. The van der Waals surface area contributed by atoms with Gasteiger partial charge in [0.15, 0.2) is 0 Å². The highest BCUT2D eigenvalue weighted by Crippen LogP contribution is 2.23. The van der Waals surface area contributed by atoms with Gasteiger partial charge in [0, 0.05) is 24.9 Å². The first-order valence-electron chi connectivity index (χ1n) is 6.64. The molecule has 1 aromatic heterocycles. The molecular formula is C16H18N2O3. The Balaban J connectivity index is 1.99. The predicted octanol–water partition coefficient (Wildman–Crippen LogP) is 2.07. The second-order valence-electron chi connectivity index (χ2n) is 4.39. The molecule has 1 heterocycles. The van der Waals surface area contributed by atoms with E-state index in [1.807, 2.05) is 18.2 Å². The van der Waals surface area contributed by atoms with E-state index >= 15 is 0 Å². The van der Waals surface area contributed by atoms with E-state index < -0.39 is 0 Å². The third kappa shape index (κ3) is 3.95. The van der Waals surface area contributed by atoms with Crippen molar-refractivity contribution in [2.24, 2.45) is 0 Å². The second kappa shape index (κ2) is 7.28. The molecule has 1 amide bonds. The van der Waals surface area contributed by atoms with E-state index in [0.29, 0.717) is 30.0 Å². The van der Waals surface area contributed by atoms with Gasteiger partial charge in [-0.05, 0) is 30.3 Å². The van der Waals surface area contributed by atoms with Gasteiger partial charge >= 0.3 is 0 Å². The zero-order valence-electron chi connectivity index (χ0n) is 12.1. The quantitative estimate of drug-likeness (QED) is 0.883. The van der Waals surface area contributed by atoms with Crippen LogP contribution in [0.25, 0.3) is 0 Å². The lowest BCUT2D eigenvalue weighted by Crippen LogP contribution is -2.26. The van der Waals surface area contributed by atoms with E-state index in [9.17, 15) is 4.79 Å². The number of ether oxygens (including phenoxy) is 2. The van der Waals surface area contributed by atoms with Gasteiger partial charge in [0.1, 0.15) is 11.5 Å².